The summed E-state index contributed by atoms with van der Waals surface area (Å²) < 4.78 is 0. The second kappa shape index (κ2) is 5.74. The van der Waals surface area contributed by atoms with Crippen LogP contribution in [0.3, 0.4) is 0 Å². The van der Waals surface area contributed by atoms with Crippen molar-refractivity contribution in [2.75, 3.05) is 0 Å². The van der Waals surface area contributed by atoms with Crippen LogP contribution in [0.2, 0.25) is 0 Å². The summed E-state index contributed by atoms with van der Waals surface area (Å²) in [6, 6.07) is 5.12. The number of nitro benzene ring substituents is 1. The van der Waals surface area contributed by atoms with E-state index >= 15 is 0 Å². The summed E-state index contributed by atoms with van der Waals surface area (Å²) in [7, 11) is 0. The first kappa shape index (κ1) is 12.8. The molecule has 0 aliphatic carbocycles. The normalized spacial score (nSPS) is 11.6. The molecule has 1 rings (SSSR count). The molecule has 1 aromatic rings. The fraction of sp³-hybridized carbons (Fsp3) is 0.273. The highest BCUT2D eigenvalue weighted by atomic mass is 16.6. The molecule has 1 radical (unpaired) electrons. The topological polar surface area (TPSA) is 89.3 Å². The van der Waals surface area contributed by atoms with Gasteiger partial charge in [-0.05, 0) is 12.5 Å². The third-order valence-electron chi connectivity index (χ3n) is 2.04. The summed E-state index contributed by atoms with van der Waals surface area (Å²) in [5, 5.41) is 12.9. The van der Waals surface area contributed by atoms with E-state index in [1.165, 1.54) is 25.1 Å². The Morgan fingerprint density at radius 2 is 2.29 bits per heavy atom. The molecule has 1 atom stereocenters. The molecule has 1 N–H and O–H groups in total. The average Bonchev–Trinajstić information content (AvgIpc) is 2.28. The van der Waals surface area contributed by atoms with Gasteiger partial charge in [0.2, 0.25) is 12.2 Å². The molecule has 0 spiro atoms. The fourth-order valence-corrected chi connectivity index (χ4v) is 1.29. The number of carbonyl (C=O) groups is 1. The first-order valence-corrected chi connectivity index (χ1v) is 4.93. The minimum Gasteiger partial charge on any atom is -0.346 e. The first-order valence-electron chi connectivity index (χ1n) is 4.93. The van der Waals surface area contributed by atoms with Gasteiger partial charge >= 0.3 is 0 Å². The molecule has 0 bridgehead atoms. The van der Waals surface area contributed by atoms with Crippen LogP contribution in [0.15, 0.2) is 24.3 Å². The van der Waals surface area contributed by atoms with Gasteiger partial charge in [-0.2, -0.15) is 0 Å². The van der Waals surface area contributed by atoms with Gasteiger partial charge in [-0.25, -0.2) is 0 Å². The second-order valence-corrected chi connectivity index (χ2v) is 3.51. The number of benzene rings is 1. The molecule has 17 heavy (non-hydrogen) atoms. The van der Waals surface area contributed by atoms with Crippen molar-refractivity contribution in [3.8, 4) is 0 Å². The summed E-state index contributed by atoms with van der Waals surface area (Å²) in [4.78, 5) is 31.6. The van der Waals surface area contributed by atoms with Gasteiger partial charge in [-0.3, -0.25) is 19.7 Å². The lowest BCUT2D eigenvalue weighted by Crippen LogP contribution is -2.34. The quantitative estimate of drug-likeness (QED) is 0.602. The van der Waals surface area contributed by atoms with E-state index in [0.29, 0.717) is 5.56 Å². The van der Waals surface area contributed by atoms with Crippen molar-refractivity contribution >= 4 is 17.9 Å². The maximum Gasteiger partial charge on any atom is 0.269 e. The number of rotatable bonds is 5. The average molecular weight is 235 g/mol. The number of non-ortho nitro benzene ring substituents is 1. The highest BCUT2D eigenvalue weighted by molar-refractivity contribution is 5.81. The highest BCUT2D eigenvalue weighted by Crippen LogP contribution is 2.13. The molecule has 0 saturated carbocycles. The van der Waals surface area contributed by atoms with Gasteiger partial charge in [0.15, 0.2) is 0 Å². The van der Waals surface area contributed by atoms with Gasteiger partial charge in [0.25, 0.3) is 5.69 Å². The molecular weight excluding hydrogens is 224 g/mol. The van der Waals surface area contributed by atoms with E-state index in [0.717, 1.165) is 0 Å². The van der Waals surface area contributed by atoms with Crippen LogP contribution in [-0.4, -0.2) is 23.2 Å². The van der Waals surface area contributed by atoms with Crippen molar-refractivity contribution in [1.82, 2.24) is 5.32 Å². The number of nitrogens with one attached hydrogen (secondary N) is 1. The number of amides is 1. The van der Waals surface area contributed by atoms with Crippen molar-refractivity contribution in [3.63, 3.8) is 0 Å². The minimum atomic E-state index is -0.679. The second-order valence-electron chi connectivity index (χ2n) is 3.51. The molecule has 0 aliphatic rings. The van der Waals surface area contributed by atoms with Crippen LogP contribution in [0.4, 0.5) is 5.69 Å². The largest absolute Gasteiger partial charge is 0.346 e. The zero-order valence-electron chi connectivity index (χ0n) is 9.17. The lowest BCUT2D eigenvalue weighted by atomic mass is 10.1. The molecule has 1 amide bonds. The van der Waals surface area contributed by atoms with E-state index in [9.17, 15) is 19.7 Å². The highest BCUT2D eigenvalue weighted by Gasteiger charge is 2.10. The third kappa shape index (κ3) is 4.02. The first-order chi connectivity index (χ1) is 8.02. The summed E-state index contributed by atoms with van der Waals surface area (Å²) in [6.07, 6.45) is 1.61. The van der Waals surface area contributed by atoms with E-state index < -0.39 is 11.0 Å². The maximum atomic E-state index is 11.4. The number of nitro groups is 1. The smallest absolute Gasteiger partial charge is 0.269 e. The summed E-state index contributed by atoms with van der Waals surface area (Å²) in [6.45, 7) is 1.50. The Morgan fingerprint density at radius 1 is 1.59 bits per heavy atom. The van der Waals surface area contributed by atoms with Gasteiger partial charge in [-0.15, -0.1) is 0 Å². The number of carbonyl (C=O) groups excluding carboxylic acids is 2. The van der Waals surface area contributed by atoms with Crippen LogP contribution < -0.4 is 5.32 Å². The molecule has 0 aliphatic heterocycles. The van der Waals surface area contributed by atoms with E-state index in [1.54, 1.807) is 12.4 Å². The van der Waals surface area contributed by atoms with Crippen LogP contribution in [0.1, 0.15) is 12.5 Å². The fourth-order valence-electron chi connectivity index (χ4n) is 1.29. The van der Waals surface area contributed by atoms with Crippen molar-refractivity contribution in [1.29, 1.82) is 0 Å². The zero-order chi connectivity index (χ0) is 12.8. The minimum absolute atomic E-state index is 0.00625. The Kier molecular flexibility index (Phi) is 4.33. The SMILES string of the molecule is C[C@@H]([C]=O)NC(=O)Cc1cccc([N+](=O)[O-])c1. The summed E-state index contributed by atoms with van der Waals surface area (Å²) in [5.41, 5.74) is 0.458. The van der Waals surface area contributed by atoms with Crippen LogP contribution >= 0.6 is 0 Å². The summed E-state index contributed by atoms with van der Waals surface area (Å²) in [5.74, 6) is -0.374. The molecule has 0 aromatic heterocycles. The summed E-state index contributed by atoms with van der Waals surface area (Å²) >= 11 is 0. The lowest BCUT2D eigenvalue weighted by molar-refractivity contribution is -0.384. The zero-order valence-corrected chi connectivity index (χ0v) is 9.17. The van der Waals surface area contributed by atoms with Gasteiger partial charge < -0.3 is 5.32 Å². The Labute approximate surface area is 97.8 Å². The number of hydrogen-bond donors (Lipinski definition) is 1. The molecule has 0 fully saturated rings. The predicted octanol–water partition coefficient (Wildman–Crippen LogP) is 0.752. The monoisotopic (exact) mass is 235 g/mol. The van der Waals surface area contributed by atoms with Gasteiger partial charge in [-0.1, -0.05) is 12.1 Å². The molecule has 0 unspecified atom stereocenters. The number of hydrogen-bond acceptors (Lipinski definition) is 4. The number of nitrogens with zero attached hydrogens (tertiary/aromatic N) is 1. The Bertz CT molecular complexity index is 445. The Morgan fingerprint density at radius 3 is 2.88 bits per heavy atom. The Hall–Kier alpha value is -2.24. The van der Waals surface area contributed by atoms with Gasteiger partial charge in [0, 0.05) is 12.1 Å². The van der Waals surface area contributed by atoms with E-state index in [2.05, 4.69) is 5.32 Å². The van der Waals surface area contributed by atoms with Crippen LogP contribution in [-0.2, 0) is 16.0 Å². The maximum absolute atomic E-state index is 11.4. The van der Waals surface area contributed by atoms with Gasteiger partial charge in [0.05, 0.1) is 17.4 Å². The molecule has 0 heterocycles. The lowest BCUT2D eigenvalue weighted by Gasteiger charge is -2.06. The van der Waals surface area contributed by atoms with Gasteiger partial charge in [0.1, 0.15) is 0 Å². The van der Waals surface area contributed by atoms with Crippen LogP contribution in [0.25, 0.3) is 0 Å². The van der Waals surface area contributed by atoms with Crippen molar-refractivity contribution in [2.45, 2.75) is 19.4 Å². The van der Waals surface area contributed by atoms with Crippen molar-refractivity contribution in [3.05, 3.63) is 39.9 Å². The molecular formula is C11H11N2O4. The van der Waals surface area contributed by atoms with Crippen LogP contribution in [0, 0.1) is 10.1 Å². The molecule has 1 aromatic carbocycles. The third-order valence-corrected chi connectivity index (χ3v) is 2.04. The molecule has 89 valence electrons. The predicted molar refractivity (Wildman–Crippen MR) is 60.1 cm³/mol. The molecule has 0 saturated heterocycles. The molecule has 6 heteroatoms. The van der Waals surface area contributed by atoms with E-state index in [4.69, 9.17) is 0 Å². The van der Waals surface area contributed by atoms with Crippen LogP contribution in [0.5, 0.6) is 0 Å². The van der Waals surface area contributed by atoms with Crippen molar-refractivity contribution < 1.29 is 14.5 Å². The Balaban J connectivity index is 2.68. The molecule has 6 nitrogen and oxygen atoms in total. The van der Waals surface area contributed by atoms with E-state index in [1.807, 2.05) is 0 Å². The van der Waals surface area contributed by atoms with Crippen molar-refractivity contribution in [2.24, 2.45) is 0 Å². The standard InChI is InChI=1S/C11H11N2O4/c1-8(7-14)12-11(15)6-9-3-2-4-10(5-9)13(16)17/h2-5,8H,6H2,1H3,(H,12,15)/t8-/m0/s1. The van der Waals surface area contributed by atoms with E-state index in [-0.39, 0.29) is 18.0 Å².